The number of benzene rings is 1. The highest BCUT2D eigenvalue weighted by Gasteiger charge is 2.03. The highest BCUT2D eigenvalue weighted by Crippen LogP contribution is 2.25. The van der Waals surface area contributed by atoms with Crippen molar-refractivity contribution in [3.8, 4) is 11.3 Å². The number of nitrogens with one attached hydrogen (secondary N) is 1. The Balaban J connectivity index is 2.14. The van der Waals surface area contributed by atoms with Crippen LogP contribution in [0, 0.1) is 0 Å². The van der Waals surface area contributed by atoms with Crippen LogP contribution in [0.5, 0.6) is 0 Å². The molecular formula is C13H10ClN3. The number of hydrogen-bond acceptors (Lipinski definition) is 2. The molecule has 17 heavy (non-hydrogen) atoms. The lowest BCUT2D eigenvalue weighted by Crippen LogP contribution is -1.88. The quantitative estimate of drug-likeness (QED) is 0.688. The Bertz CT molecular complexity index is 671. The number of anilines is 1. The summed E-state index contributed by atoms with van der Waals surface area (Å²) in [5.41, 5.74) is 8.59. The van der Waals surface area contributed by atoms with Crippen LogP contribution in [-0.2, 0) is 0 Å². The van der Waals surface area contributed by atoms with Crippen LogP contribution >= 0.6 is 11.6 Å². The van der Waals surface area contributed by atoms with Gasteiger partial charge < -0.3 is 10.7 Å². The predicted molar refractivity (Wildman–Crippen MR) is 71.0 cm³/mol. The number of nitrogens with zero attached hydrogens (tertiary/aromatic N) is 1. The highest BCUT2D eigenvalue weighted by molar-refractivity contribution is 6.31. The minimum absolute atomic E-state index is 0.521. The number of aromatic nitrogens is 2. The number of H-pyrrole nitrogens is 1. The molecule has 4 heteroatoms. The topological polar surface area (TPSA) is 54.7 Å². The Morgan fingerprint density at radius 1 is 1.12 bits per heavy atom. The van der Waals surface area contributed by atoms with Gasteiger partial charge in [-0.25, -0.2) is 4.98 Å². The van der Waals surface area contributed by atoms with E-state index in [1.54, 1.807) is 12.3 Å². The number of pyridine rings is 1. The molecule has 1 aromatic carbocycles. The van der Waals surface area contributed by atoms with Gasteiger partial charge in [-0.15, -0.1) is 0 Å². The van der Waals surface area contributed by atoms with Crippen molar-refractivity contribution >= 4 is 28.3 Å². The summed E-state index contributed by atoms with van der Waals surface area (Å²) in [6.07, 6.45) is 1.75. The lowest BCUT2D eigenvalue weighted by Gasteiger charge is -1.97. The van der Waals surface area contributed by atoms with E-state index in [-0.39, 0.29) is 0 Å². The van der Waals surface area contributed by atoms with Gasteiger partial charge in [-0.2, -0.15) is 0 Å². The molecule has 0 saturated carbocycles. The summed E-state index contributed by atoms with van der Waals surface area (Å²) < 4.78 is 0. The number of hydrogen-bond donors (Lipinski definition) is 2. The van der Waals surface area contributed by atoms with Crippen LogP contribution in [-0.4, -0.2) is 9.97 Å². The van der Waals surface area contributed by atoms with Gasteiger partial charge in [-0.05, 0) is 30.3 Å². The van der Waals surface area contributed by atoms with Gasteiger partial charge in [-0.1, -0.05) is 17.7 Å². The predicted octanol–water partition coefficient (Wildman–Crippen LogP) is 3.47. The summed E-state index contributed by atoms with van der Waals surface area (Å²) in [7, 11) is 0. The lowest BCUT2D eigenvalue weighted by molar-refractivity contribution is 1.32. The maximum atomic E-state index is 5.95. The third-order valence-corrected chi connectivity index (χ3v) is 2.92. The first-order valence-corrected chi connectivity index (χ1v) is 5.60. The van der Waals surface area contributed by atoms with Crippen molar-refractivity contribution < 1.29 is 0 Å². The SMILES string of the molecule is Nc1ccc(-c2cc3ccc(Cl)cc3[nH]2)cn1. The zero-order chi connectivity index (χ0) is 11.8. The number of aromatic amines is 1. The van der Waals surface area contributed by atoms with Crippen molar-refractivity contribution in [3.63, 3.8) is 0 Å². The number of nitrogen functional groups attached to an aromatic ring is 1. The van der Waals surface area contributed by atoms with Crippen LogP contribution < -0.4 is 5.73 Å². The van der Waals surface area contributed by atoms with Crippen LogP contribution in [0.4, 0.5) is 5.82 Å². The second-order valence-electron chi connectivity index (χ2n) is 3.89. The lowest BCUT2D eigenvalue weighted by atomic mass is 10.2. The molecule has 0 spiro atoms. The van der Waals surface area contributed by atoms with Gasteiger partial charge in [0.2, 0.25) is 0 Å². The molecule has 0 saturated heterocycles. The Morgan fingerprint density at radius 3 is 2.76 bits per heavy atom. The third kappa shape index (κ3) is 1.85. The third-order valence-electron chi connectivity index (χ3n) is 2.68. The molecule has 0 fully saturated rings. The molecule has 0 atom stereocenters. The zero-order valence-corrected chi connectivity index (χ0v) is 9.70. The molecule has 0 bridgehead atoms. The van der Waals surface area contributed by atoms with Crippen LogP contribution in [0.1, 0.15) is 0 Å². The first-order valence-electron chi connectivity index (χ1n) is 5.22. The summed E-state index contributed by atoms with van der Waals surface area (Å²) in [6, 6.07) is 11.6. The second-order valence-corrected chi connectivity index (χ2v) is 4.32. The maximum Gasteiger partial charge on any atom is 0.123 e. The van der Waals surface area contributed by atoms with E-state index < -0.39 is 0 Å². The van der Waals surface area contributed by atoms with E-state index in [4.69, 9.17) is 17.3 Å². The summed E-state index contributed by atoms with van der Waals surface area (Å²) in [6.45, 7) is 0. The van der Waals surface area contributed by atoms with Crippen LogP contribution in [0.25, 0.3) is 22.2 Å². The highest BCUT2D eigenvalue weighted by atomic mass is 35.5. The van der Waals surface area contributed by atoms with Crippen molar-refractivity contribution in [1.29, 1.82) is 0 Å². The minimum Gasteiger partial charge on any atom is -0.384 e. The van der Waals surface area contributed by atoms with E-state index in [1.807, 2.05) is 24.3 Å². The molecule has 2 aromatic heterocycles. The summed E-state index contributed by atoms with van der Waals surface area (Å²) in [5.74, 6) is 0.521. The first-order chi connectivity index (χ1) is 8.22. The molecule has 0 unspecified atom stereocenters. The molecule has 2 heterocycles. The maximum absolute atomic E-state index is 5.95. The molecular weight excluding hydrogens is 234 g/mol. The average molecular weight is 244 g/mol. The van der Waals surface area contributed by atoms with E-state index in [0.717, 1.165) is 27.2 Å². The molecule has 3 aromatic rings. The molecule has 84 valence electrons. The number of halogens is 1. The van der Waals surface area contributed by atoms with Crippen LogP contribution in [0.15, 0.2) is 42.6 Å². The monoisotopic (exact) mass is 243 g/mol. The smallest absolute Gasteiger partial charge is 0.123 e. The first kappa shape index (κ1) is 10.2. The van der Waals surface area contributed by atoms with Gasteiger partial charge in [0.1, 0.15) is 5.82 Å². The van der Waals surface area contributed by atoms with E-state index in [9.17, 15) is 0 Å². The molecule has 0 amide bonds. The van der Waals surface area contributed by atoms with Crippen LogP contribution in [0.2, 0.25) is 5.02 Å². The van der Waals surface area contributed by atoms with E-state index >= 15 is 0 Å². The molecule has 3 rings (SSSR count). The van der Waals surface area contributed by atoms with Crippen molar-refractivity contribution in [2.24, 2.45) is 0 Å². The molecule has 0 aliphatic heterocycles. The van der Waals surface area contributed by atoms with Crippen LogP contribution in [0.3, 0.4) is 0 Å². The van der Waals surface area contributed by atoms with Gasteiger partial charge >= 0.3 is 0 Å². The average Bonchev–Trinajstić information content (AvgIpc) is 2.72. The Labute approximate surface area is 103 Å². The van der Waals surface area contributed by atoms with E-state index in [1.165, 1.54) is 0 Å². The van der Waals surface area contributed by atoms with Crippen molar-refractivity contribution in [2.45, 2.75) is 0 Å². The Hall–Kier alpha value is -2.00. The molecule has 3 nitrogen and oxygen atoms in total. The number of nitrogens with two attached hydrogens (primary N) is 1. The van der Waals surface area contributed by atoms with Gasteiger partial charge in [0.15, 0.2) is 0 Å². The van der Waals surface area contributed by atoms with Gasteiger partial charge in [0.05, 0.1) is 0 Å². The summed E-state index contributed by atoms with van der Waals surface area (Å²) >= 11 is 5.95. The standard InChI is InChI=1S/C13H10ClN3/c14-10-3-1-8-5-11(17-12(8)6-10)9-2-4-13(15)16-7-9/h1-7,17H,(H2,15,16). The fourth-order valence-electron chi connectivity index (χ4n) is 1.82. The van der Waals surface area contributed by atoms with Gasteiger partial charge in [-0.3, -0.25) is 0 Å². The molecule has 0 aliphatic carbocycles. The molecule has 0 aliphatic rings. The number of rotatable bonds is 1. The number of fused-ring (bicyclic) bond motifs is 1. The summed E-state index contributed by atoms with van der Waals surface area (Å²) in [5, 5.41) is 1.85. The van der Waals surface area contributed by atoms with Crippen molar-refractivity contribution in [2.75, 3.05) is 5.73 Å². The van der Waals surface area contributed by atoms with E-state index in [0.29, 0.717) is 5.82 Å². The largest absolute Gasteiger partial charge is 0.384 e. The zero-order valence-electron chi connectivity index (χ0n) is 8.94. The summed E-state index contributed by atoms with van der Waals surface area (Å²) in [4.78, 5) is 7.38. The van der Waals surface area contributed by atoms with Crippen molar-refractivity contribution in [3.05, 3.63) is 47.6 Å². The van der Waals surface area contributed by atoms with E-state index in [2.05, 4.69) is 16.0 Å². The Kier molecular flexibility index (Phi) is 2.27. The molecule has 3 N–H and O–H groups in total. The van der Waals surface area contributed by atoms with Crippen molar-refractivity contribution in [1.82, 2.24) is 9.97 Å². The Morgan fingerprint density at radius 2 is 2.00 bits per heavy atom. The minimum atomic E-state index is 0.521. The van der Waals surface area contributed by atoms with Gasteiger partial charge in [0, 0.05) is 33.4 Å². The second kappa shape index (κ2) is 3.79. The molecule has 0 radical (unpaired) electrons. The fraction of sp³-hybridized carbons (Fsp3) is 0. The fourth-order valence-corrected chi connectivity index (χ4v) is 1.99. The van der Waals surface area contributed by atoms with Gasteiger partial charge in [0.25, 0.3) is 0 Å². The normalized spacial score (nSPS) is 10.9.